The van der Waals surface area contributed by atoms with Crippen LogP contribution in [-0.4, -0.2) is 21.5 Å². The van der Waals surface area contributed by atoms with Crippen LogP contribution in [0.15, 0.2) is 134 Å². The number of aromatic nitrogens is 2. The Morgan fingerprint density at radius 1 is 0.761 bits per heavy atom. The van der Waals surface area contributed by atoms with Gasteiger partial charge in [0.05, 0.1) is 0 Å². The Labute approximate surface area is 302 Å². The van der Waals surface area contributed by atoms with Crippen molar-refractivity contribution in [3.8, 4) is 28.4 Å². The molecule has 0 saturated carbocycles. The van der Waals surface area contributed by atoms with Crippen LogP contribution in [0.2, 0.25) is 0 Å². The maximum Gasteiger partial charge on any atom is 4.00 e. The Bertz CT molecular complexity index is 1890. The molecule has 2 aromatic heterocycles. The predicted molar refractivity (Wildman–Crippen MR) is 179 cm³/mol. The topological polar surface area (TPSA) is 24.3 Å². The first kappa shape index (κ1) is 34.9. The summed E-state index contributed by atoms with van der Waals surface area (Å²) in [4.78, 5) is 8.71. The molecule has 0 spiro atoms. The minimum atomic E-state index is -0.903. The van der Waals surface area contributed by atoms with Gasteiger partial charge in [0.15, 0.2) is 0 Å². The SMILES string of the molecule is CN1C=CN(c2[c-]c(P(c3[c-]c(-c4[c-]c(-c5[c-]cccc5)ccn4)[c-]cc3)c3ccccc3)ccc2)[CH-]1.[C-]#Cn1cccc1.[Pt+4].[Pt]. The fraction of sp³-hybridized carbons (Fsp3) is 0.0256. The van der Waals surface area contributed by atoms with Crippen molar-refractivity contribution in [1.29, 1.82) is 0 Å². The van der Waals surface area contributed by atoms with Crippen molar-refractivity contribution in [3.05, 3.63) is 178 Å². The number of anilines is 1. The predicted octanol–water partition coefficient (Wildman–Crippen LogP) is 6.40. The molecule has 0 radical (unpaired) electrons. The van der Waals surface area contributed by atoms with Crippen LogP contribution in [0.1, 0.15) is 0 Å². The molecule has 7 heteroatoms. The maximum absolute atomic E-state index is 6.57. The van der Waals surface area contributed by atoms with Crippen LogP contribution in [0.3, 0.4) is 0 Å². The van der Waals surface area contributed by atoms with E-state index in [0.29, 0.717) is 0 Å². The molecule has 1 unspecified atom stereocenters. The van der Waals surface area contributed by atoms with E-state index in [4.69, 9.17) is 6.42 Å². The number of nitrogens with zero attached hydrogens (tertiary/aromatic N) is 4. The molecule has 3 heterocycles. The summed E-state index contributed by atoms with van der Waals surface area (Å²) in [5.41, 5.74) is 4.46. The van der Waals surface area contributed by atoms with Gasteiger partial charge in [0.25, 0.3) is 0 Å². The van der Waals surface area contributed by atoms with E-state index < -0.39 is 7.92 Å². The Kier molecular flexibility index (Phi) is 12.9. The third-order valence-electron chi connectivity index (χ3n) is 6.70. The Balaban J connectivity index is 0.000000475. The summed E-state index contributed by atoms with van der Waals surface area (Å²) in [5.74, 6) is 0. The fourth-order valence-electron chi connectivity index (χ4n) is 4.61. The molecule has 1 aliphatic heterocycles. The molecule has 230 valence electrons. The van der Waals surface area contributed by atoms with E-state index in [1.54, 1.807) is 17.0 Å². The van der Waals surface area contributed by atoms with Crippen LogP contribution in [0.25, 0.3) is 22.4 Å². The zero-order valence-corrected chi connectivity index (χ0v) is 30.1. The van der Waals surface area contributed by atoms with Crippen molar-refractivity contribution in [1.82, 2.24) is 14.5 Å². The van der Waals surface area contributed by atoms with Gasteiger partial charge in [-0.2, -0.15) is 67.0 Å². The molecule has 0 amide bonds. The number of hydrogen-bond donors (Lipinski definition) is 0. The first-order chi connectivity index (χ1) is 21.7. The second-order valence-corrected chi connectivity index (χ2v) is 11.9. The second kappa shape index (κ2) is 17.1. The summed E-state index contributed by atoms with van der Waals surface area (Å²) in [6.45, 7) is 2.04. The summed E-state index contributed by atoms with van der Waals surface area (Å²) in [6, 6.07) is 54.1. The first-order valence-corrected chi connectivity index (χ1v) is 15.3. The van der Waals surface area contributed by atoms with Gasteiger partial charge < -0.3 is 43.5 Å². The van der Waals surface area contributed by atoms with Gasteiger partial charge in [-0.3, -0.25) is 6.07 Å². The summed E-state index contributed by atoms with van der Waals surface area (Å²) < 4.78 is 1.54. The molecule has 1 atom stereocenters. The van der Waals surface area contributed by atoms with Gasteiger partial charge in [-0.1, -0.05) is 38.3 Å². The number of benzene rings is 4. The molecule has 4 aromatic carbocycles. The quantitative estimate of drug-likeness (QED) is 0.110. The smallest absolute Gasteiger partial charge is 0.669 e. The molecular weight excluding hydrogens is 946 g/mol. The van der Waals surface area contributed by atoms with Crippen molar-refractivity contribution in [2.45, 2.75) is 0 Å². The molecule has 6 aromatic rings. The van der Waals surface area contributed by atoms with E-state index in [1.807, 2.05) is 85.7 Å². The van der Waals surface area contributed by atoms with E-state index in [9.17, 15) is 0 Å². The largest absolute Gasteiger partial charge is 4.00 e. The van der Waals surface area contributed by atoms with Crippen LogP contribution in [0, 0.1) is 49.5 Å². The van der Waals surface area contributed by atoms with Crippen LogP contribution >= 0.6 is 7.92 Å². The van der Waals surface area contributed by atoms with Crippen molar-refractivity contribution >= 4 is 29.5 Å². The number of rotatable bonds is 6. The minimum Gasteiger partial charge on any atom is -0.669 e. The van der Waals surface area contributed by atoms with Gasteiger partial charge in [0.1, 0.15) is 0 Å². The van der Waals surface area contributed by atoms with Crippen molar-refractivity contribution in [2.24, 2.45) is 0 Å². The van der Waals surface area contributed by atoms with Gasteiger partial charge in [-0.05, 0) is 43.1 Å². The zero-order chi connectivity index (χ0) is 30.1. The van der Waals surface area contributed by atoms with E-state index in [1.165, 1.54) is 5.30 Å². The number of pyridine rings is 1. The molecule has 7 rings (SSSR count). The summed E-state index contributed by atoms with van der Waals surface area (Å²) in [7, 11) is 1.11. The van der Waals surface area contributed by atoms with Crippen molar-refractivity contribution < 1.29 is 42.1 Å². The number of hydrogen-bond acceptors (Lipinski definition) is 3. The minimum absolute atomic E-state index is 0. The molecule has 0 saturated heterocycles. The van der Waals surface area contributed by atoms with Gasteiger partial charge in [-0.25, -0.2) is 34.6 Å². The molecule has 4 nitrogen and oxygen atoms in total. The third kappa shape index (κ3) is 8.63. The Morgan fingerprint density at radius 2 is 1.54 bits per heavy atom. The van der Waals surface area contributed by atoms with Gasteiger partial charge >= 0.3 is 21.1 Å². The van der Waals surface area contributed by atoms with Crippen LogP contribution in [-0.2, 0) is 42.1 Å². The zero-order valence-electron chi connectivity index (χ0n) is 24.6. The van der Waals surface area contributed by atoms with Crippen molar-refractivity contribution in [3.63, 3.8) is 0 Å². The molecule has 0 bridgehead atoms. The summed E-state index contributed by atoms with van der Waals surface area (Å²) >= 11 is 0. The van der Waals surface area contributed by atoms with Crippen LogP contribution in [0.5, 0.6) is 0 Å². The van der Waals surface area contributed by atoms with Gasteiger partial charge in [-0.15, -0.1) is 17.1 Å². The van der Waals surface area contributed by atoms with E-state index in [0.717, 1.165) is 38.7 Å². The van der Waals surface area contributed by atoms with Crippen LogP contribution in [0.4, 0.5) is 5.69 Å². The van der Waals surface area contributed by atoms with E-state index >= 15 is 0 Å². The van der Waals surface area contributed by atoms with Crippen molar-refractivity contribution in [2.75, 3.05) is 11.9 Å². The van der Waals surface area contributed by atoms with E-state index in [-0.39, 0.29) is 42.1 Å². The normalized spacial score (nSPS) is 12.2. The summed E-state index contributed by atoms with van der Waals surface area (Å²) in [6.07, 6.45) is 16.0. The van der Waals surface area contributed by atoms with Gasteiger partial charge in [0, 0.05) is 33.5 Å². The first-order valence-electron chi connectivity index (χ1n) is 13.9. The fourth-order valence-corrected chi connectivity index (χ4v) is 6.81. The summed E-state index contributed by atoms with van der Waals surface area (Å²) in [5, 5.41) is 3.46. The average Bonchev–Trinajstić information content (AvgIpc) is 3.79. The standard InChI is InChI=1S/C33H22N3P.C6H4N.2Pt/c1-35-20-21-36(25-35)29-13-9-17-32(24-29)37(30-14-6-3-7-15-30)31-16-8-12-28(22-31)33-23-27(18-19-34-33)26-10-4-2-5-11-26;1-2-7-5-3-4-6-7;;/h2-10,13-21,25H,1H3;3-6H;;/q-6;-1;;+4. The Hall–Kier alpha value is -3.98. The average molecular weight is 972 g/mol. The molecule has 0 N–H and O–H groups in total. The second-order valence-electron chi connectivity index (χ2n) is 9.75. The Morgan fingerprint density at radius 3 is 2.24 bits per heavy atom. The molecule has 1 aliphatic rings. The maximum atomic E-state index is 6.57. The monoisotopic (exact) mass is 971 g/mol. The van der Waals surface area contributed by atoms with E-state index in [2.05, 4.69) is 101 Å². The van der Waals surface area contributed by atoms with Crippen LogP contribution < -0.4 is 20.8 Å². The molecular formula is C39H26N4PPt2-3. The molecule has 0 aliphatic carbocycles. The third-order valence-corrected chi connectivity index (χ3v) is 9.00. The molecule has 46 heavy (non-hydrogen) atoms. The molecule has 0 fully saturated rings. The van der Waals surface area contributed by atoms with Gasteiger partial charge in [0.2, 0.25) is 0 Å².